The molecule has 2 aromatic heterocycles. The Bertz CT molecular complexity index is 1080. The number of methoxy groups -OCH3 is 2. The Hall–Kier alpha value is -3.41. The molecule has 0 aliphatic rings. The topological polar surface area (TPSA) is 147 Å². The largest absolute Gasteiger partial charge is 0.497 e. The fourth-order valence-corrected chi connectivity index (χ4v) is 3.13. The molecule has 1 aromatic carbocycles. The van der Waals surface area contributed by atoms with Gasteiger partial charge < -0.3 is 23.7 Å². The van der Waals surface area contributed by atoms with E-state index in [-0.39, 0.29) is 11.7 Å². The van der Waals surface area contributed by atoms with Crippen LogP contribution in [-0.4, -0.2) is 49.7 Å². The normalized spacial score (nSPS) is 11.2. The molecule has 0 spiro atoms. The van der Waals surface area contributed by atoms with Crippen LogP contribution in [0.2, 0.25) is 0 Å². The van der Waals surface area contributed by atoms with E-state index >= 15 is 0 Å². The van der Waals surface area contributed by atoms with Crippen LogP contribution in [-0.2, 0) is 14.6 Å². The summed E-state index contributed by atoms with van der Waals surface area (Å²) in [5, 5.41) is 12.5. The lowest BCUT2D eigenvalue weighted by molar-refractivity contribution is -0.113. The molecular weight excluding hydrogens is 392 g/mol. The zero-order valence-electron chi connectivity index (χ0n) is 15.1. The van der Waals surface area contributed by atoms with E-state index in [1.807, 2.05) is 0 Å². The van der Waals surface area contributed by atoms with Crippen molar-refractivity contribution in [3.63, 3.8) is 0 Å². The highest BCUT2D eigenvalue weighted by molar-refractivity contribution is 7.91. The van der Waals surface area contributed by atoms with Gasteiger partial charge in [0.1, 0.15) is 23.0 Å². The highest BCUT2D eigenvalue weighted by atomic mass is 32.2. The summed E-state index contributed by atoms with van der Waals surface area (Å²) in [6.07, 6.45) is 0. The van der Waals surface area contributed by atoms with E-state index in [9.17, 15) is 13.2 Å². The summed E-state index contributed by atoms with van der Waals surface area (Å²) in [4.78, 5) is 12.0. The summed E-state index contributed by atoms with van der Waals surface area (Å²) in [5.41, 5.74) is 0.396. The van der Waals surface area contributed by atoms with Gasteiger partial charge in [-0.15, -0.1) is 5.10 Å². The van der Waals surface area contributed by atoms with Crippen molar-refractivity contribution in [2.45, 2.75) is 12.1 Å². The Morgan fingerprint density at radius 1 is 1.11 bits per heavy atom. The Balaban J connectivity index is 1.79. The summed E-state index contributed by atoms with van der Waals surface area (Å²) >= 11 is 0. The lowest BCUT2D eigenvalue weighted by Crippen LogP contribution is -2.23. The van der Waals surface area contributed by atoms with E-state index in [0.29, 0.717) is 22.8 Å². The van der Waals surface area contributed by atoms with Crippen LogP contribution >= 0.6 is 0 Å². The number of carbonyl (C=O) groups excluding carboxylic acids is 1. The van der Waals surface area contributed by atoms with Gasteiger partial charge in [-0.2, -0.15) is 0 Å². The fraction of sp³-hybridized carbons (Fsp3) is 0.250. The molecule has 1 amide bonds. The van der Waals surface area contributed by atoms with Gasteiger partial charge in [-0.25, -0.2) is 8.42 Å². The number of carbonyl (C=O) groups is 1. The third kappa shape index (κ3) is 4.28. The summed E-state index contributed by atoms with van der Waals surface area (Å²) < 4.78 is 45.1. The van der Waals surface area contributed by atoms with Crippen LogP contribution in [0.25, 0.3) is 11.5 Å². The first-order chi connectivity index (χ1) is 13.3. The smallest absolute Gasteiger partial charge is 0.336 e. The van der Waals surface area contributed by atoms with Crippen molar-refractivity contribution in [1.82, 2.24) is 15.4 Å². The Morgan fingerprint density at radius 2 is 1.79 bits per heavy atom. The molecule has 2 heterocycles. The van der Waals surface area contributed by atoms with Gasteiger partial charge in [0.15, 0.2) is 5.82 Å². The number of benzene rings is 1. The SMILES string of the molecule is COc1cc(OC)cc(-c2nnc(S(=O)(=O)CC(=O)Nc3cc(C)on3)o2)c1. The van der Waals surface area contributed by atoms with E-state index in [2.05, 4.69) is 20.7 Å². The molecule has 0 fully saturated rings. The zero-order chi connectivity index (χ0) is 20.3. The van der Waals surface area contributed by atoms with Gasteiger partial charge in [-0.3, -0.25) is 4.79 Å². The van der Waals surface area contributed by atoms with Crippen LogP contribution in [0.5, 0.6) is 11.5 Å². The zero-order valence-corrected chi connectivity index (χ0v) is 15.9. The number of anilines is 1. The number of aromatic nitrogens is 3. The molecule has 0 atom stereocenters. The van der Waals surface area contributed by atoms with Crippen molar-refractivity contribution in [2.24, 2.45) is 0 Å². The minimum atomic E-state index is -4.16. The maximum absolute atomic E-state index is 12.4. The number of hydrogen-bond acceptors (Lipinski definition) is 10. The Kier molecular flexibility index (Phi) is 5.31. The average Bonchev–Trinajstić information content (AvgIpc) is 3.30. The molecule has 1 N–H and O–H groups in total. The van der Waals surface area contributed by atoms with E-state index in [4.69, 9.17) is 18.4 Å². The first-order valence-corrected chi connectivity index (χ1v) is 9.49. The summed E-state index contributed by atoms with van der Waals surface area (Å²) in [6, 6.07) is 6.23. The van der Waals surface area contributed by atoms with Gasteiger partial charge >= 0.3 is 5.22 Å². The molecule has 0 unspecified atom stereocenters. The van der Waals surface area contributed by atoms with Crippen molar-refractivity contribution in [1.29, 1.82) is 0 Å². The number of nitrogens with one attached hydrogen (secondary N) is 1. The number of amides is 1. The average molecular weight is 408 g/mol. The second kappa shape index (κ2) is 7.68. The van der Waals surface area contributed by atoms with Crippen LogP contribution < -0.4 is 14.8 Å². The number of ether oxygens (including phenoxy) is 2. The molecule has 0 saturated carbocycles. The Morgan fingerprint density at radius 3 is 2.36 bits per heavy atom. The minimum Gasteiger partial charge on any atom is -0.497 e. The molecule has 0 saturated heterocycles. The minimum absolute atomic E-state index is 0.0664. The number of nitrogens with zero attached hydrogens (tertiary/aromatic N) is 3. The second-order valence-electron chi connectivity index (χ2n) is 5.60. The second-order valence-corrected chi connectivity index (χ2v) is 7.47. The van der Waals surface area contributed by atoms with Crippen molar-refractivity contribution in [3.05, 3.63) is 30.0 Å². The van der Waals surface area contributed by atoms with E-state index in [1.54, 1.807) is 25.1 Å². The van der Waals surface area contributed by atoms with Gasteiger partial charge in [-0.1, -0.05) is 10.3 Å². The van der Waals surface area contributed by atoms with E-state index in [0.717, 1.165) is 0 Å². The molecular formula is C16H16N4O7S. The van der Waals surface area contributed by atoms with E-state index < -0.39 is 26.7 Å². The standard InChI is InChI=1S/C16H16N4O7S/c1-9-4-13(20-27-9)17-14(21)8-28(22,23)16-19-18-15(26-16)10-5-11(24-2)7-12(6-10)25-3/h4-7H,8H2,1-3H3,(H,17,20,21). The predicted molar refractivity (Wildman–Crippen MR) is 94.8 cm³/mol. The van der Waals surface area contributed by atoms with Crippen LogP contribution in [0.15, 0.2) is 38.4 Å². The highest BCUT2D eigenvalue weighted by Gasteiger charge is 2.27. The van der Waals surface area contributed by atoms with Gasteiger partial charge in [-0.05, 0) is 19.1 Å². The summed E-state index contributed by atoms with van der Waals surface area (Å²) in [6.45, 7) is 1.63. The van der Waals surface area contributed by atoms with Gasteiger partial charge in [0.05, 0.1) is 14.2 Å². The summed E-state index contributed by atoms with van der Waals surface area (Å²) in [7, 11) is -1.23. The van der Waals surface area contributed by atoms with Crippen LogP contribution in [0, 0.1) is 6.92 Å². The lowest BCUT2D eigenvalue weighted by Gasteiger charge is -2.05. The van der Waals surface area contributed by atoms with Crippen LogP contribution in [0.4, 0.5) is 5.82 Å². The molecule has 0 radical (unpaired) electrons. The molecule has 3 rings (SSSR count). The molecule has 12 heteroatoms. The van der Waals surface area contributed by atoms with Gasteiger partial charge in [0, 0.05) is 17.7 Å². The number of rotatable bonds is 7. The first-order valence-electron chi connectivity index (χ1n) is 7.83. The maximum atomic E-state index is 12.4. The van der Waals surface area contributed by atoms with Crippen molar-refractivity contribution in [2.75, 3.05) is 25.3 Å². The first kappa shape index (κ1) is 19.4. The van der Waals surface area contributed by atoms with Crippen molar-refractivity contribution >= 4 is 21.6 Å². The molecule has 3 aromatic rings. The lowest BCUT2D eigenvalue weighted by atomic mass is 10.2. The van der Waals surface area contributed by atoms with Crippen molar-refractivity contribution < 1.29 is 31.6 Å². The van der Waals surface area contributed by atoms with Crippen LogP contribution in [0.1, 0.15) is 5.76 Å². The molecule has 148 valence electrons. The van der Waals surface area contributed by atoms with E-state index in [1.165, 1.54) is 20.3 Å². The van der Waals surface area contributed by atoms with Crippen LogP contribution in [0.3, 0.4) is 0 Å². The van der Waals surface area contributed by atoms with Gasteiger partial charge in [0.2, 0.25) is 21.6 Å². The number of sulfone groups is 1. The maximum Gasteiger partial charge on any atom is 0.336 e. The predicted octanol–water partition coefficient (Wildman–Crippen LogP) is 1.46. The molecule has 28 heavy (non-hydrogen) atoms. The quantitative estimate of drug-likeness (QED) is 0.609. The van der Waals surface area contributed by atoms with Gasteiger partial charge in [0.25, 0.3) is 0 Å². The van der Waals surface area contributed by atoms with Crippen molar-refractivity contribution in [3.8, 4) is 23.0 Å². The number of hydrogen-bond donors (Lipinski definition) is 1. The fourth-order valence-electron chi connectivity index (χ4n) is 2.22. The molecule has 0 aliphatic heterocycles. The monoisotopic (exact) mass is 408 g/mol. The molecule has 0 bridgehead atoms. The summed E-state index contributed by atoms with van der Waals surface area (Å²) in [5.74, 6) is -0.305. The number of aryl methyl sites for hydroxylation is 1. The third-order valence-corrected chi connectivity index (χ3v) is 4.83. The molecule has 11 nitrogen and oxygen atoms in total. The third-order valence-electron chi connectivity index (χ3n) is 3.49. The highest BCUT2D eigenvalue weighted by Crippen LogP contribution is 2.29. The molecule has 0 aliphatic carbocycles. The Labute approximate surface area is 159 Å².